The molecule has 0 saturated carbocycles. The monoisotopic (exact) mass is 494 g/mol. The summed E-state index contributed by atoms with van der Waals surface area (Å²) in [6.07, 6.45) is 1.20. The summed E-state index contributed by atoms with van der Waals surface area (Å²) >= 11 is 1.67. The molecule has 1 aromatic heterocycles. The van der Waals surface area contributed by atoms with Crippen LogP contribution in [0.15, 0.2) is 34.2 Å². The number of benzene rings is 1. The van der Waals surface area contributed by atoms with Crippen molar-refractivity contribution in [2.45, 2.75) is 31.8 Å². The Morgan fingerprint density at radius 1 is 1.16 bits per heavy atom. The second-order valence-electron chi connectivity index (χ2n) is 5.44. The van der Waals surface area contributed by atoms with Crippen molar-refractivity contribution in [3.05, 3.63) is 45.4 Å². The Morgan fingerprint density at radius 3 is 2.24 bits per heavy atom. The van der Waals surface area contributed by atoms with Gasteiger partial charge in [-0.3, -0.25) is 4.99 Å². The summed E-state index contributed by atoms with van der Waals surface area (Å²) in [6, 6.07) is 6.82. The van der Waals surface area contributed by atoms with Gasteiger partial charge >= 0.3 is 0 Å². The van der Waals surface area contributed by atoms with Crippen LogP contribution in [0.2, 0.25) is 0 Å². The third-order valence-electron chi connectivity index (χ3n) is 3.51. The van der Waals surface area contributed by atoms with E-state index < -0.39 is 9.84 Å². The van der Waals surface area contributed by atoms with Crippen LogP contribution in [-0.4, -0.2) is 32.7 Å². The summed E-state index contributed by atoms with van der Waals surface area (Å²) in [7, 11) is -1.45. The normalized spacial score (nSPS) is 11.8. The van der Waals surface area contributed by atoms with Crippen molar-refractivity contribution < 1.29 is 8.42 Å². The molecule has 9 heteroatoms. The quantitative estimate of drug-likeness (QED) is 0.380. The first-order valence-corrected chi connectivity index (χ1v) is 10.2. The highest BCUT2D eigenvalue weighted by Crippen LogP contribution is 2.15. The molecule has 138 valence electrons. The van der Waals surface area contributed by atoms with Crippen molar-refractivity contribution in [3.8, 4) is 0 Å². The van der Waals surface area contributed by atoms with Gasteiger partial charge in [0.05, 0.1) is 17.1 Å². The molecule has 0 saturated heterocycles. The lowest BCUT2D eigenvalue weighted by atomic mass is 10.2. The highest BCUT2D eigenvalue weighted by Gasteiger charge is 2.07. The number of hydrogen-bond acceptors (Lipinski definition) is 5. The van der Waals surface area contributed by atoms with Crippen LogP contribution in [0.1, 0.15) is 21.1 Å². The average Bonchev–Trinajstić information content (AvgIpc) is 2.85. The minimum absolute atomic E-state index is 0. The highest BCUT2D eigenvalue weighted by atomic mass is 127. The van der Waals surface area contributed by atoms with E-state index in [4.69, 9.17) is 0 Å². The topological polar surface area (TPSA) is 83.5 Å². The van der Waals surface area contributed by atoms with E-state index in [-0.39, 0.29) is 24.0 Å². The number of nitrogens with zero attached hydrogens (tertiary/aromatic N) is 2. The van der Waals surface area contributed by atoms with Crippen LogP contribution in [0, 0.1) is 13.8 Å². The molecule has 0 fully saturated rings. The first-order chi connectivity index (χ1) is 11.3. The summed E-state index contributed by atoms with van der Waals surface area (Å²) < 4.78 is 22.9. The zero-order valence-corrected chi connectivity index (χ0v) is 18.6. The van der Waals surface area contributed by atoms with Crippen molar-refractivity contribution >= 4 is 51.1 Å². The van der Waals surface area contributed by atoms with E-state index in [2.05, 4.69) is 27.5 Å². The number of aryl methyl sites for hydroxylation is 2. The van der Waals surface area contributed by atoms with Crippen LogP contribution < -0.4 is 10.6 Å². The zero-order valence-electron chi connectivity index (χ0n) is 14.7. The number of nitrogens with one attached hydrogen (secondary N) is 2. The largest absolute Gasteiger partial charge is 0.352 e. The Labute approximate surface area is 170 Å². The highest BCUT2D eigenvalue weighted by molar-refractivity contribution is 14.0. The van der Waals surface area contributed by atoms with Gasteiger partial charge in [0.25, 0.3) is 0 Å². The molecule has 2 N–H and O–H groups in total. The van der Waals surface area contributed by atoms with Gasteiger partial charge in [0.15, 0.2) is 15.8 Å². The lowest BCUT2D eigenvalue weighted by molar-refractivity contribution is 0.602. The molecule has 1 heterocycles. The number of thiazole rings is 1. The van der Waals surface area contributed by atoms with Crippen LogP contribution in [0.3, 0.4) is 0 Å². The Kier molecular flexibility index (Phi) is 8.29. The predicted molar refractivity (Wildman–Crippen MR) is 114 cm³/mol. The van der Waals surface area contributed by atoms with E-state index in [0.29, 0.717) is 23.9 Å². The number of aliphatic imine (C=N–C) groups is 1. The van der Waals surface area contributed by atoms with E-state index in [1.165, 1.54) is 11.1 Å². The molecule has 2 rings (SSSR count). The summed E-state index contributed by atoms with van der Waals surface area (Å²) in [5, 5.41) is 7.44. The molecule has 25 heavy (non-hydrogen) atoms. The van der Waals surface area contributed by atoms with Gasteiger partial charge in [-0.15, -0.1) is 35.3 Å². The molecule has 0 aliphatic carbocycles. The number of aromatic nitrogens is 1. The second-order valence-corrected chi connectivity index (χ2v) is 8.75. The van der Waals surface area contributed by atoms with Gasteiger partial charge in [-0.1, -0.05) is 12.1 Å². The van der Waals surface area contributed by atoms with Crippen molar-refractivity contribution in [2.75, 3.05) is 13.3 Å². The molecule has 2 aromatic rings. The molecule has 0 unspecified atom stereocenters. The smallest absolute Gasteiger partial charge is 0.191 e. The molecule has 0 bridgehead atoms. The maximum absolute atomic E-state index is 11.5. The summed E-state index contributed by atoms with van der Waals surface area (Å²) in [5.74, 6) is 0.674. The van der Waals surface area contributed by atoms with Crippen molar-refractivity contribution in [2.24, 2.45) is 4.99 Å². The van der Waals surface area contributed by atoms with E-state index in [9.17, 15) is 8.42 Å². The van der Waals surface area contributed by atoms with E-state index in [1.54, 1.807) is 42.6 Å². The van der Waals surface area contributed by atoms with Gasteiger partial charge in [-0.05, 0) is 31.5 Å². The van der Waals surface area contributed by atoms with Gasteiger partial charge < -0.3 is 10.6 Å². The first kappa shape index (κ1) is 21.8. The first-order valence-electron chi connectivity index (χ1n) is 7.46. The number of guanidine groups is 1. The lowest BCUT2D eigenvalue weighted by Crippen LogP contribution is -2.36. The molecular formula is C16H23IN4O2S2. The fourth-order valence-corrected chi connectivity index (χ4v) is 3.54. The fourth-order valence-electron chi connectivity index (χ4n) is 2.04. The van der Waals surface area contributed by atoms with E-state index in [1.807, 2.05) is 6.92 Å². The molecule has 0 radical (unpaired) electrons. The SMILES string of the molecule is CN=C(NCc1ccc(S(C)(=O)=O)cc1)NCc1nc(C)c(C)s1.I. The van der Waals surface area contributed by atoms with Crippen LogP contribution >= 0.6 is 35.3 Å². The Bertz CT molecular complexity index is 811. The standard InChI is InChI=1S/C16H22N4O2S2.HI/c1-11-12(2)23-15(20-11)10-19-16(17-3)18-9-13-5-7-14(8-6-13)24(4,21)22;/h5-8H,9-10H2,1-4H3,(H2,17,18,19);1H. The second kappa shape index (κ2) is 9.48. The van der Waals surface area contributed by atoms with E-state index in [0.717, 1.165) is 16.3 Å². The van der Waals surface area contributed by atoms with Crippen LogP contribution in [0.5, 0.6) is 0 Å². The maximum atomic E-state index is 11.5. The summed E-state index contributed by atoms with van der Waals surface area (Å²) in [6.45, 7) is 5.23. The molecular weight excluding hydrogens is 471 g/mol. The van der Waals surface area contributed by atoms with Crippen LogP contribution in [-0.2, 0) is 22.9 Å². The minimum atomic E-state index is -3.16. The Morgan fingerprint density at radius 2 is 1.76 bits per heavy atom. The molecule has 1 aromatic carbocycles. The number of halogens is 1. The predicted octanol–water partition coefficient (Wildman–Crippen LogP) is 2.65. The van der Waals surface area contributed by atoms with Gasteiger partial charge in [-0.2, -0.15) is 0 Å². The number of sulfone groups is 1. The number of hydrogen-bond donors (Lipinski definition) is 2. The molecule has 0 atom stereocenters. The minimum Gasteiger partial charge on any atom is -0.352 e. The molecule has 6 nitrogen and oxygen atoms in total. The molecule has 0 amide bonds. The maximum Gasteiger partial charge on any atom is 0.191 e. The van der Waals surface area contributed by atoms with Crippen molar-refractivity contribution in [3.63, 3.8) is 0 Å². The zero-order chi connectivity index (χ0) is 17.7. The van der Waals surface area contributed by atoms with E-state index >= 15 is 0 Å². The van der Waals surface area contributed by atoms with Gasteiger partial charge in [0, 0.05) is 24.7 Å². The summed E-state index contributed by atoms with van der Waals surface area (Å²) in [5.41, 5.74) is 2.04. The molecule has 0 aliphatic rings. The van der Waals surface area contributed by atoms with Crippen molar-refractivity contribution in [1.82, 2.24) is 15.6 Å². The third kappa shape index (κ3) is 6.55. The molecule has 0 spiro atoms. The Balaban J connectivity index is 0.00000312. The lowest BCUT2D eigenvalue weighted by Gasteiger charge is -2.11. The van der Waals surface area contributed by atoms with Gasteiger partial charge in [0.2, 0.25) is 0 Å². The van der Waals surface area contributed by atoms with Gasteiger partial charge in [0.1, 0.15) is 5.01 Å². The Hall–Kier alpha value is -1.20. The fraction of sp³-hybridized carbons (Fsp3) is 0.375. The van der Waals surface area contributed by atoms with Crippen molar-refractivity contribution in [1.29, 1.82) is 0 Å². The summed E-state index contributed by atoms with van der Waals surface area (Å²) in [4.78, 5) is 10.2. The van der Waals surface area contributed by atoms with Gasteiger partial charge in [-0.25, -0.2) is 13.4 Å². The third-order valence-corrected chi connectivity index (χ3v) is 5.72. The van der Waals surface area contributed by atoms with Crippen LogP contribution in [0.4, 0.5) is 0 Å². The number of rotatable bonds is 5. The molecule has 0 aliphatic heterocycles. The van der Waals surface area contributed by atoms with Crippen LogP contribution in [0.25, 0.3) is 0 Å². The average molecular weight is 494 g/mol.